The Bertz CT molecular complexity index is 2060. The van der Waals surface area contributed by atoms with Gasteiger partial charge in [-0.05, 0) is 61.6 Å². The van der Waals surface area contributed by atoms with Crippen LogP contribution in [-0.4, -0.2) is 80.2 Å². The number of anilines is 1. The summed E-state index contributed by atoms with van der Waals surface area (Å²) in [5, 5.41) is 9.56. The standard InChI is InChI=1S/C31H28F2N5O5SSi/c1-4-24(40)36-13-14-37(31(2,45)16-36)28-19-15-21(33)26(25-20(32)8-6-9-22(25)39)34-29(19)38(30(41)35-28)27-18(17-11-12-17)7-5-10-23(27)44(3,42)43/h4-10,15,17,39H,1,11-14,16H2,2-3H3/t31-/m0/s1. The Morgan fingerprint density at radius 1 is 1.13 bits per heavy atom. The molecule has 2 fully saturated rings. The molecule has 1 atom stereocenters. The normalized spacial score (nSPS) is 18.8. The molecule has 1 amide bonds. The Balaban J connectivity index is 1.71. The van der Waals surface area contributed by atoms with Crippen LogP contribution in [-0.2, 0) is 14.6 Å². The maximum absolute atomic E-state index is 16.0. The predicted octanol–water partition coefficient (Wildman–Crippen LogP) is 3.43. The van der Waals surface area contributed by atoms with Crippen molar-refractivity contribution in [3.8, 4) is 22.7 Å². The number of phenolic OH excluding ortho intramolecular Hbond substituents is 1. The lowest BCUT2D eigenvalue weighted by Crippen LogP contribution is -2.63. The maximum atomic E-state index is 16.0. The first-order chi connectivity index (χ1) is 21.2. The largest absolute Gasteiger partial charge is 0.507 e. The minimum Gasteiger partial charge on any atom is -0.507 e. The van der Waals surface area contributed by atoms with Crippen molar-refractivity contribution in [3.05, 3.63) is 82.8 Å². The fourth-order valence-corrected chi connectivity index (χ4v) is 7.19. The second-order valence-corrected chi connectivity index (χ2v) is 14.6. The van der Waals surface area contributed by atoms with Crippen molar-refractivity contribution in [1.82, 2.24) is 19.4 Å². The van der Waals surface area contributed by atoms with Crippen LogP contribution in [0.15, 0.2) is 64.8 Å². The first kappa shape index (κ1) is 30.6. The molecule has 4 aromatic rings. The minimum atomic E-state index is -3.90. The molecular weight excluding hydrogens is 621 g/mol. The monoisotopic (exact) mass is 648 g/mol. The number of aromatic hydroxyl groups is 1. The molecule has 1 saturated heterocycles. The lowest BCUT2D eigenvalue weighted by molar-refractivity contribution is -0.127. The van der Waals surface area contributed by atoms with E-state index in [1.807, 2.05) is 0 Å². The van der Waals surface area contributed by atoms with Gasteiger partial charge < -0.3 is 14.9 Å². The van der Waals surface area contributed by atoms with E-state index in [4.69, 9.17) is 0 Å². The van der Waals surface area contributed by atoms with Gasteiger partial charge in [-0.1, -0.05) is 24.8 Å². The molecule has 0 spiro atoms. The van der Waals surface area contributed by atoms with Crippen LogP contribution in [0.1, 0.15) is 31.2 Å². The molecule has 231 valence electrons. The highest BCUT2D eigenvalue weighted by atomic mass is 32.2. The molecule has 10 nitrogen and oxygen atoms in total. The summed E-state index contributed by atoms with van der Waals surface area (Å²) in [5.41, 5.74) is -1.55. The van der Waals surface area contributed by atoms with E-state index in [9.17, 15) is 23.1 Å². The molecular formula is C31H28F2N5O5SSi. The summed E-state index contributed by atoms with van der Waals surface area (Å²) in [4.78, 5) is 38.4. The van der Waals surface area contributed by atoms with E-state index in [2.05, 4.69) is 26.8 Å². The van der Waals surface area contributed by atoms with Gasteiger partial charge >= 0.3 is 5.69 Å². The van der Waals surface area contributed by atoms with E-state index in [1.165, 1.54) is 24.3 Å². The van der Waals surface area contributed by atoms with Crippen molar-refractivity contribution >= 4 is 42.8 Å². The summed E-state index contributed by atoms with van der Waals surface area (Å²) >= 11 is 0. The van der Waals surface area contributed by atoms with Crippen LogP contribution in [0.4, 0.5) is 14.6 Å². The van der Waals surface area contributed by atoms with E-state index in [0.717, 1.165) is 35.8 Å². The Morgan fingerprint density at radius 3 is 2.47 bits per heavy atom. The number of sulfone groups is 1. The first-order valence-electron chi connectivity index (χ1n) is 14.1. The van der Waals surface area contributed by atoms with Gasteiger partial charge in [-0.2, -0.15) is 4.98 Å². The van der Waals surface area contributed by atoms with Gasteiger partial charge in [0.15, 0.2) is 21.3 Å². The highest BCUT2D eigenvalue weighted by Crippen LogP contribution is 2.45. The molecule has 45 heavy (non-hydrogen) atoms. The number of hydrogen-bond acceptors (Lipinski definition) is 8. The van der Waals surface area contributed by atoms with Gasteiger partial charge in [0.05, 0.1) is 31.8 Å². The number of rotatable bonds is 6. The molecule has 0 bridgehead atoms. The topological polar surface area (TPSA) is 126 Å². The molecule has 6 rings (SSSR count). The average Bonchev–Trinajstić information content (AvgIpc) is 3.81. The van der Waals surface area contributed by atoms with E-state index < -0.39 is 49.3 Å². The summed E-state index contributed by atoms with van der Waals surface area (Å²) < 4.78 is 58.2. The van der Waals surface area contributed by atoms with Crippen LogP contribution in [0.3, 0.4) is 0 Å². The molecule has 1 aliphatic heterocycles. The van der Waals surface area contributed by atoms with Gasteiger partial charge in [0.25, 0.3) is 0 Å². The number of hydrogen-bond donors (Lipinski definition) is 1. The molecule has 1 aliphatic carbocycles. The molecule has 1 N–H and O–H groups in total. The van der Waals surface area contributed by atoms with Gasteiger partial charge in [-0.25, -0.2) is 31.5 Å². The van der Waals surface area contributed by atoms with E-state index in [0.29, 0.717) is 5.56 Å². The summed E-state index contributed by atoms with van der Waals surface area (Å²) in [5.74, 6) is -2.83. The second kappa shape index (κ2) is 10.9. The summed E-state index contributed by atoms with van der Waals surface area (Å²) in [6.07, 6.45) is 3.75. The molecule has 14 heteroatoms. The van der Waals surface area contributed by atoms with Gasteiger partial charge in [-0.15, -0.1) is 0 Å². The third kappa shape index (κ3) is 5.31. The molecule has 0 unspecified atom stereocenters. The summed E-state index contributed by atoms with van der Waals surface area (Å²) in [7, 11) is -0.186. The number of piperazine rings is 1. The van der Waals surface area contributed by atoms with E-state index >= 15 is 8.78 Å². The Kier molecular flexibility index (Phi) is 7.39. The van der Waals surface area contributed by atoms with Crippen LogP contribution in [0, 0.1) is 11.6 Å². The van der Waals surface area contributed by atoms with Gasteiger partial charge in [-0.3, -0.25) is 4.79 Å². The second-order valence-electron chi connectivity index (χ2n) is 11.5. The number of aromatic nitrogens is 3. The molecule has 2 aliphatic rings. The fourth-order valence-electron chi connectivity index (χ4n) is 5.90. The zero-order valence-electron chi connectivity index (χ0n) is 24.4. The van der Waals surface area contributed by atoms with Crippen molar-refractivity contribution in [1.29, 1.82) is 0 Å². The quantitative estimate of drug-likeness (QED) is 0.249. The van der Waals surface area contributed by atoms with Crippen molar-refractivity contribution in [3.63, 3.8) is 0 Å². The van der Waals surface area contributed by atoms with Crippen LogP contribution in [0.5, 0.6) is 5.75 Å². The zero-order chi connectivity index (χ0) is 32.4. The number of nitrogens with zero attached hydrogens (tertiary/aromatic N) is 5. The Hall–Kier alpha value is -4.43. The van der Waals surface area contributed by atoms with Gasteiger partial charge in [0, 0.05) is 31.1 Å². The number of benzene rings is 2. The number of carbonyl (C=O) groups is 1. The van der Waals surface area contributed by atoms with E-state index in [1.54, 1.807) is 28.9 Å². The third-order valence-corrected chi connectivity index (χ3v) is 9.69. The average molecular weight is 649 g/mol. The summed E-state index contributed by atoms with van der Waals surface area (Å²) in [6.45, 7) is 5.86. The Labute approximate surface area is 261 Å². The van der Waals surface area contributed by atoms with Crippen molar-refractivity contribution in [2.45, 2.75) is 35.7 Å². The molecule has 1 saturated carbocycles. The highest BCUT2D eigenvalue weighted by Gasteiger charge is 2.38. The van der Waals surface area contributed by atoms with Crippen LogP contribution in [0.2, 0.25) is 0 Å². The number of fused-ring (bicyclic) bond motifs is 1. The number of phenols is 1. The van der Waals surface area contributed by atoms with Crippen LogP contribution in [0.25, 0.3) is 28.0 Å². The van der Waals surface area contributed by atoms with Gasteiger partial charge in [0.2, 0.25) is 5.91 Å². The number of amides is 1. The van der Waals surface area contributed by atoms with Crippen LogP contribution < -0.4 is 10.6 Å². The maximum Gasteiger partial charge on any atom is 0.355 e. The smallest absolute Gasteiger partial charge is 0.355 e. The van der Waals surface area contributed by atoms with Crippen molar-refractivity contribution in [2.24, 2.45) is 0 Å². The highest BCUT2D eigenvalue weighted by molar-refractivity contribution is 7.90. The molecule has 3 radical (unpaired) electrons. The first-order valence-corrected chi connectivity index (χ1v) is 16.5. The number of para-hydroxylation sites is 1. The zero-order valence-corrected chi connectivity index (χ0v) is 26.2. The SMILES string of the molecule is C=CC(=O)N1CCN(c2nc(=O)n(-c3c(C4CC4)cccc3S(C)(=O)=O)c3nc(-c4c(O)cccc4F)c(F)cc23)[C@@](C)([Si])C1. The molecule has 2 aromatic carbocycles. The third-order valence-electron chi connectivity index (χ3n) is 8.13. The minimum absolute atomic E-state index is 0.0231. The molecule has 3 heterocycles. The molecule has 2 aromatic heterocycles. The van der Waals surface area contributed by atoms with Crippen LogP contribution >= 0.6 is 0 Å². The number of halogens is 2. The number of carbonyl (C=O) groups excluding carboxylic acids is 1. The summed E-state index contributed by atoms with van der Waals surface area (Å²) in [6, 6.07) is 9.22. The fraction of sp³-hybridized carbons (Fsp3) is 0.290. The van der Waals surface area contributed by atoms with E-state index in [-0.39, 0.29) is 58.9 Å². The van der Waals surface area contributed by atoms with Crippen molar-refractivity contribution < 1.29 is 27.1 Å². The lowest BCUT2D eigenvalue weighted by Gasteiger charge is -2.47. The van der Waals surface area contributed by atoms with Gasteiger partial charge in [0.1, 0.15) is 23.1 Å². The predicted molar refractivity (Wildman–Crippen MR) is 166 cm³/mol. The number of pyridine rings is 1. The Morgan fingerprint density at radius 2 is 1.84 bits per heavy atom. The lowest BCUT2D eigenvalue weighted by atomic mass is 10.1. The van der Waals surface area contributed by atoms with Crippen molar-refractivity contribution in [2.75, 3.05) is 30.8 Å².